The lowest BCUT2D eigenvalue weighted by molar-refractivity contribution is -0.142. The van der Waals surface area contributed by atoms with Gasteiger partial charge >= 0.3 is 5.97 Å². The van der Waals surface area contributed by atoms with Crippen molar-refractivity contribution in [2.24, 2.45) is 0 Å². The van der Waals surface area contributed by atoms with Crippen LogP contribution in [-0.4, -0.2) is 28.1 Å². The molecule has 0 aromatic heterocycles. The number of hydrogen-bond acceptors (Lipinski definition) is 5. The summed E-state index contributed by atoms with van der Waals surface area (Å²) in [5.41, 5.74) is 1.39. The van der Waals surface area contributed by atoms with Gasteiger partial charge in [0.2, 0.25) is 0 Å². The first kappa shape index (κ1) is 18.1. The Balaban J connectivity index is 2.19. The normalized spacial score (nSPS) is 11.0. The summed E-state index contributed by atoms with van der Waals surface area (Å²) in [5, 5.41) is 0.0750. The van der Waals surface area contributed by atoms with Crippen LogP contribution in [0.15, 0.2) is 47.4 Å². The highest BCUT2D eigenvalue weighted by molar-refractivity contribution is 7.92. The zero-order valence-electron chi connectivity index (χ0n) is 13.1. The van der Waals surface area contributed by atoms with Gasteiger partial charge in [0.05, 0.1) is 17.0 Å². The predicted octanol–water partition coefficient (Wildman–Crippen LogP) is 3.00. The molecular formula is C16H16ClNO5S. The molecule has 2 aromatic rings. The van der Waals surface area contributed by atoms with Gasteiger partial charge in [0.25, 0.3) is 10.0 Å². The minimum absolute atomic E-state index is 0.0144. The highest BCUT2D eigenvalue weighted by Gasteiger charge is 2.17. The van der Waals surface area contributed by atoms with Gasteiger partial charge in [0, 0.05) is 5.69 Å². The lowest BCUT2D eigenvalue weighted by Gasteiger charge is -2.11. The predicted molar refractivity (Wildman–Crippen MR) is 91.0 cm³/mol. The Bertz CT molecular complexity index is 851. The minimum Gasteiger partial charge on any atom is -0.480 e. The van der Waals surface area contributed by atoms with Crippen LogP contribution in [0.3, 0.4) is 0 Å². The fourth-order valence-corrected chi connectivity index (χ4v) is 3.26. The van der Waals surface area contributed by atoms with Gasteiger partial charge in [0.1, 0.15) is 5.75 Å². The first-order chi connectivity index (χ1) is 11.3. The smallest absolute Gasteiger partial charge is 0.343 e. The van der Waals surface area contributed by atoms with Gasteiger partial charge in [-0.2, -0.15) is 0 Å². The van der Waals surface area contributed by atoms with Gasteiger partial charge in [0.15, 0.2) is 6.61 Å². The van der Waals surface area contributed by atoms with Crippen molar-refractivity contribution in [1.29, 1.82) is 0 Å². The average Bonchev–Trinajstić information content (AvgIpc) is 2.52. The SMILES string of the molecule is COC(=O)COc1ccc(S(=O)(=O)Nc2cccc(C)c2)cc1Cl. The van der Waals surface area contributed by atoms with E-state index in [2.05, 4.69) is 9.46 Å². The number of benzene rings is 2. The van der Waals surface area contributed by atoms with Gasteiger partial charge in [-0.05, 0) is 42.8 Å². The standard InChI is InChI=1S/C16H16ClNO5S/c1-11-4-3-5-12(8-11)18-24(20,21)13-6-7-15(14(17)9-13)23-10-16(19)22-2/h3-9,18H,10H2,1-2H3. The van der Waals surface area contributed by atoms with Crippen LogP contribution in [0.1, 0.15) is 5.56 Å². The monoisotopic (exact) mass is 369 g/mol. The third kappa shape index (κ3) is 4.62. The summed E-state index contributed by atoms with van der Waals surface area (Å²) >= 11 is 6.02. The van der Waals surface area contributed by atoms with Crippen LogP contribution < -0.4 is 9.46 Å². The molecule has 0 saturated carbocycles. The first-order valence-electron chi connectivity index (χ1n) is 6.90. The van der Waals surface area contributed by atoms with Crippen molar-refractivity contribution in [3.05, 3.63) is 53.1 Å². The highest BCUT2D eigenvalue weighted by Crippen LogP contribution is 2.28. The number of sulfonamides is 1. The number of rotatable bonds is 6. The molecule has 0 unspecified atom stereocenters. The summed E-state index contributed by atoms with van der Waals surface area (Å²) in [5.74, 6) is -0.375. The Labute approximate surface area is 145 Å². The Morgan fingerprint density at radius 1 is 1.21 bits per heavy atom. The number of aryl methyl sites for hydroxylation is 1. The third-order valence-electron chi connectivity index (χ3n) is 3.06. The third-order valence-corrected chi connectivity index (χ3v) is 4.73. The number of methoxy groups -OCH3 is 1. The Morgan fingerprint density at radius 3 is 2.58 bits per heavy atom. The quantitative estimate of drug-likeness (QED) is 0.791. The maximum Gasteiger partial charge on any atom is 0.343 e. The molecule has 0 fully saturated rings. The number of carbonyl (C=O) groups is 1. The van der Waals surface area contributed by atoms with E-state index in [0.29, 0.717) is 5.69 Å². The highest BCUT2D eigenvalue weighted by atomic mass is 35.5. The summed E-state index contributed by atoms with van der Waals surface area (Å²) < 4.78 is 36.9. The summed E-state index contributed by atoms with van der Waals surface area (Å²) in [6.45, 7) is 1.55. The lowest BCUT2D eigenvalue weighted by Crippen LogP contribution is -2.14. The molecule has 0 heterocycles. The Hall–Kier alpha value is -2.25. The molecule has 0 saturated heterocycles. The Morgan fingerprint density at radius 2 is 1.96 bits per heavy atom. The van der Waals surface area contributed by atoms with Crippen LogP contribution in [0.4, 0.5) is 5.69 Å². The van der Waals surface area contributed by atoms with E-state index in [1.807, 2.05) is 13.0 Å². The molecule has 24 heavy (non-hydrogen) atoms. The zero-order valence-corrected chi connectivity index (χ0v) is 14.6. The van der Waals surface area contributed by atoms with Gasteiger partial charge in [-0.3, -0.25) is 4.72 Å². The Kier molecular flexibility index (Phi) is 5.69. The molecule has 1 N–H and O–H groups in total. The molecule has 0 radical (unpaired) electrons. The van der Waals surface area contributed by atoms with E-state index in [4.69, 9.17) is 16.3 Å². The molecule has 0 bridgehead atoms. The van der Waals surface area contributed by atoms with E-state index >= 15 is 0 Å². The van der Waals surface area contributed by atoms with E-state index in [1.165, 1.54) is 25.3 Å². The minimum atomic E-state index is -3.79. The van der Waals surface area contributed by atoms with Gasteiger partial charge < -0.3 is 9.47 Å². The summed E-state index contributed by atoms with van der Waals surface area (Å²) in [6, 6.07) is 11.0. The van der Waals surface area contributed by atoms with Crippen molar-refractivity contribution in [1.82, 2.24) is 0 Å². The second-order valence-electron chi connectivity index (χ2n) is 4.93. The second-order valence-corrected chi connectivity index (χ2v) is 7.02. The van der Waals surface area contributed by atoms with Crippen LogP contribution in [0.5, 0.6) is 5.75 Å². The second kappa shape index (κ2) is 7.55. The summed E-state index contributed by atoms with van der Waals surface area (Å²) in [7, 11) is -2.55. The molecule has 2 aromatic carbocycles. The lowest BCUT2D eigenvalue weighted by atomic mass is 10.2. The van der Waals surface area contributed by atoms with Crippen LogP contribution in [0.25, 0.3) is 0 Å². The number of nitrogens with one attached hydrogen (secondary N) is 1. The van der Waals surface area contributed by atoms with Crippen LogP contribution >= 0.6 is 11.6 Å². The van der Waals surface area contributed by atoms with Crippen LogP contribution in [0, 0.1) is 6.92 Å². The van der Waals surface area contributed by atoms with E-state index in [1.54, 1.807) is 18.2 Å². The molecule has 0 spiro atoms. The van der Waals surface area contributed by atoms with Crippen molar-refractivity contribution in [2.45, 2.75) is 11.8 Å². The largest absolute Gasteiger partial charge is 0.480 e. The first-order valence-corrected chi connectivity index (χ1v) is 8.76. The van der Waals surface area contributed by atoms with Crippen molar-refractivity contribution in [2.75, 3.05) is 18.4 Å². The number of halogens is 1. The number of anilines is 1. The van der Waals surface area contributed by atoms with Crippen LogP contribution in [-0.2, 0) is 19.6 Å². The molecule has 128 valence electrons. The van der Waals surface area contributed by atoms with E-state index in [0.717, 1.165) is 5.56 Å². The van der Waals surface area contributed by atoms with Crippen molar-refractivity contribution in [3.63, 3.8) is 0 Å². The molecule has 0 amide bonds. The van der Waals surface area contributed by atoms with Crippen molar-refractivity contribution < 1.29 is 22.7 Å². The maximum absolute atomic E-state index is 12.4. The molecular weight excluding hydrogens is 354 g/mol. The molecule has 0 aliphatic heterocycles. The van der Waals surface area contributed by atoms with E-state index in [9.17, 15) is 13.2 Å². The maximum atomic E-state index is 12.4. The van der Waals surface area contributed by atoms with E-state index < -0.39 is 16.0 Å². The molecule has 2 rings (SSSR count). The van der Waals surface area contributed by atoms with Gasteiger partial charge in [-0.1, -0.05) is 23.7 Å². The number of ether oxygens (including phenoxy) is 2. The summed E-state index contributed by atoms with van der Waals surface area (Å²) in [4.78, 5) is 11.0. The fraction of sp³-hybridized carbons (Fsp3) is 0.188. The molecule has 6 nitrogen and oxygen atoms in total. The molecule has 0 atom stereocenters. The molecule has 0 aliphatic carbocycles. The number of carbonyl (C=O) groups excluding carboxylic acids is 1. The summed E-state index contributed by atoms with van der Waals surface area (Å²) in [6.07, 6.45) is 0. The van der Waals surface area contributed by atoms with Crippen molar-refractivity contribution in [3.8, 4) is 5.75 Å². The van der Waals surface area contributed by atoms with Crippen molar-refractivity contribution >= 4 is 33.3 Å². The number of hydrogen-bond donors (Lipinski definition) is 1. The topological polar surface area (TPSA) is 81.7 Å². The van der Waals surface area contributed by atoms with Gasteiger partial charge in [-0.15, -0.1) is 0 Å². The molecule has 0 aliphatic rings. The molecule has 8 heteroatoms. The van der Waals surface area contributed by atoms with Crippen LogP contribution in [0.2, 0.25) is 5.02 Å². The van der Waals surface area contributed by atoms with E-state index in [-0.39, 0.29) is 22.3 Å². The van der Waals surface area contributed by atoms with Gasteiger partial charge in [-0.25, -0.2) is 13.2 Å². The average molecular weight is 370 g/mol. The number of esters is 1. The fourth-order valence-electron chi connectivity index (χ4n) is 1.88. The zero-order chi connectivity index (χ0) is 17.7.